The van der Waals surface area contributed by atoms with Crippen molar-refractivity contribution in [3.05, 3.63) is 23.8 Å². The molecule has 1 fully saturated rings. The van der Waals surface area contributed by atoms with E-state index in [1.54, 1.807) is 25.3 Å². The number of hydrogen-bond donors (Lipinski definition) is 3. The Balaban J connectivity index is 0.00000288. The quantitative estimate of drug-likeness (QED) is 0.690. The third kappa shape index (κ3) is 4.98. The van der Waals surface area contributed by atoms with Gasteiger partial charge in [0.05, 0.1) is 33.0 Å². The SMILES string of the molecule is COc1ccc(OC)c(C(O)CNC(=O)[C@H]2NCCO[C@@H]2C)c1.Cl. The zero-order valence-electron chi connectivity index (χ0n) is 14.1. The summed E-state index contributed by atoms with van der Waals surface area (Å²) in [7, 11) is 3.08. The van der Waals surface area contributed by atoms with Crippen LogP contribution in [0.15, 0.2) is 18.2 Å². The van der Waals surface area contributed by atoms with Gasteiger partial charge < -0.3 is 30.0 Å². The maximum Gasteiger partial charge on any atom is 0.239 e. The zero-order valence-corrected chi connectivity index (χ0v) is 14.9. The number of carbonyl (C=O) groups excluding carboxylic acids is 1. The lowest BCUT2D eigenvalue weighted by Crippen LogP contribution is -2.55. The molecule has 1 aliphatic heterocycles. The van der Waals surface area contributed by atoms with Crippen LogP contribution < -0.4 is 20.1 Å². The average molecular weight is 361 g/mol. The van der Waals surface area contributed by atoms with Gasteiger partial charge in [-0.3, -0.25) is 4.79 Å². The lowest BCUT2D eigenvalue weighted by atomic mass is 10.1. The van der Waals surface area contributed by atoms with E-state index in [9.17, 15) is 9.90 Å². The van der Waals surface area contributed by atoms with E-state index in [2.05, 4.69) is 10.6 Å². The molecule has 0 spiro atoms. The van der Waals surface area contributed by atoms with Gasteiger partial charge in [0, 0.05) is 18.7 Å². The fourth-order valence-electron chi connectivity index (χ4n) is 2.54. The molecule has 2 rings (SSSR count). The van der Waals surface area contributed by atoms with Crippen LogP contribution in [0, 0.1) is 0 Å². The highest BCUT2D eigenvalue weighted by Crippen LogP contribution is 2.29. The Morgan fingerprint density at radius 2 is 2.21 bits per heavy atom. The van der Waals surface area contributed by atoms with Crippen molar-refractivity contribution in [2.75, 3.05) is 33.9 Å². The number of aliphatic hydroxyl groups is 1. The smallest absolute Gasteiger partial charge is 0.239 e. The Bertz CT molecular complexity index is 543. The second-order valence-electron chi connectivity index (χ2n) is 5.38. The van der Waals surface area contributed by atoms with Crippen LogP contribution in [0.2, 0.25) is 0 Å². The predicted molar refractivity (Wildman–Crippen MR) is 92.0 cm³/mol. The lowest BCUT2D eigenvalue weighted by Gasteiger charge is -2.29. The third-order valence-electron chi connectivity index (χ3n) is 3.86. The summed E-state index contributed by atoms with van der Waals surface area (Å²) in [6, 6.07) is 4.75. The van der Waals surface area contributed by atoms with E-state index in [0.717, 1.165) is 0 Å². The van der Waals surface area contributed by atoms with Crippen LogP contribution in [0.3, 0.4) is 0 Å². The molecule has 7 nitrogen and oxygen atoms in total. The number of ether oxygens (including phenoxy) is 3. The average Bonchev–Trinajstić information content (AvgIpc) is 2.59. The number of nitrogens with one attached hydrogen (secondary N) is 2. The molecule has 1 saturated heterocycles. The first kappa shape index (κ1) is 20.5. The summed E-state index contributed by atoms with van der Waals surface area (Å²) in [6.07, 6.45) is -1.10. The molecule has 0 aliphatic carbocycles. The molecule has 3 N–H and O–H groups in total. The van der Waals surface area contributed by atoms with Crippen molar-refractivity contribution in [1.82, 2.24) is 10.6 Å². The minimum absolute atomic E-state index is 0. The molecule has 0 aromatic heterocycles. The van der Waals surface area contributed by atoms with Crippen molar-refractivity contribution < 1.29 is 24.1 Å². The number of carbonyl (C=O) groups is 1. The number of amides is 1. The van der Waals surface area contributed by atoms with Crippen molar-refractivity contribution in [2.24, 2.45) is 0 Å². The van der Waals surface area contributed by atoms with Crippen LogP contribution in [0.5, 0.6) is 11.5 Å². The third-order valence-corrected chi connectivity index (χ3v) is 3.86. The fourth-order valence-corrected chi connectivity index (χ4v) is 2.54. The van der Waals surface area contributed by atoms with E-state index in [0.29, 0.717) is 30.2 Å². The Hall–Kier alpha value is -1.54. The van der Waals surface area contributed by atoms with Crippen LogP contribution >= 0.6 is 12.4 Å². The van der Waals surface area contributed by atoms with Crippen molar-refractivity contribution in [2.45, 2.75) is 25.2 Å². The van der Waals surface area contributed by atoms with Crippen molar-refractivity contribution in [3.8, 4) is 11.5 Å². The summed E-state index contributed by atoms with van der Waals surface area (Å²) >= 11 is 0. The molecule has 1 amide bonds. The summed E-state index contributed by atoms with van der Waals surface area (Å²) in [5.41, 5.74) is 0.563. The monoisotopic (exact) mass is 360 g/mol. The number of benzene rings is 1. The second-order valence-corrected chi connectivity index (χ2v) is 5.38. The number of aliphatic hydroxyl groups excluding tert-OH is 1. The van der Waals surface area contributed by atoms with Crippen LogP contribution in [0.4, 0.5) is 0 Å². The molecule has 136 valence electrons. The van der Waals surface area contributed by atoms with Gasteiger partial charge in [0.2, 0.25) is 5.91 Å². The molecule has 1 aromatic rings. The van der Waals surface area contributed by atoms with Crippen LogP contribution in [0.1, 0.15) is 18.6 Å². The standard InChI is InChI=1S/C16H24N2O5.ClH/c1-10-15(17-6-7-23-10)16(20)18-9-13(19)12-8-11(21-2)4-5-14(12)22-3;/h4-5,8,10,13,15,17,19H,6-7,9H2,1-3H3,(H,18,20);1H/t10-,13?,15+;/m1./s1. The Labute approximate surface area is 148 Å². The topological polar surface area (TPSA) is 89.0 Å². The first-order valence-corrected chi connectivity index (χ1v) is 7.59. The van der Waals surface area contributed by atoms with Gasteiger partial charge in [-0.25, -0.2) is 0 Å². The molecular formula is C16H25ClN2O5. The first-order valence-electron chi connectivity index (χ1n) is 7.59. The largest absolute Gasteiger partial charge is 0.497 e. The van der Waals surface area contributed by atoms with Gasteiger partial charge in [-0.1, -0.05) is 0 Å². The van der Waals surface area contributed by atoms with Gasteiger partial charge >= 0.3 is 0 Å². The Kier molecular flexibility index (Phi) is 8.27. The van der Waals surface area contributed by atoms with Gasteiger partial charge in [0.15, 0.2) is 0 Å². The Morgan fingerprint density at radius 1 is 1.46 bits per heavy atom. The van der Waals surface area contributed by atoms with Crippen LogP contribution in [-0.4, -0.2) is 57.1 Å². The molecule has 1 unspecified atom stereocenters. The minimum Gasteiger partial charge on any atom is -0.497 e. The highest BCUT2D eigenvalue weighted by molar-refractivity contribution is 5.85. The maximum absolute atomic E-state index is 12.2. The van der Waals surface area contributed by atoms with E-state index in [1.165, 1.54) is 7.11 Å². The van der Waals surface area contributed by atoms with Crippen molar-refractivity contribution in [1.29, 1.82) is 0 Å². The highest BCUT2D eigenvalue weighted by atomic mass is 35.5. The Morgan fingerprint density at radius 3 is 2.83 bits per heavy atom. The molecule has 24 heavy (non-hydrogen) atoms. The summed E-state index contributed by atoms with van der Waals surface area (Å²) in [4.78, 5) is 12.2. The molecular weight excluding hydrogens is 336 g/mol. The van der Waals surface area contributed by atoms with E-state index in [1.807, 2.05) is 6.92 Å². The molecule has 1 aromatic carbocycles. The highest BCUT2D eigenvalue weighted by Gasteiger charge is 2.28. The van der Waals surface area contributed by atoms with Gasteiger partial charge in [-0.15, -0.1) is 12.4 Å². The summed E-state index contributed by atoms with van der Waals surface area (Å²) in [5, 5.41) is 16.2. The van der Waals surface area contributed by atoms with Gasteiger partial charge in [0.25, 0.3) is 0 Å². The van der Waals surface area contributed by atoms with Crippen LogP contribution in [0.25, 0.3) is 0 Å². The van der Waals surface area contributed by atoms with Gasteiger partial charge in [-0.2, -0.15) is 0 Å². The van der Waals surface area contributed by atoms with E-state index < -0.39 is 12.1 Å². The zero-order chi connectivity index (χ0) is 16.8. The van der Waals surface area contributed by atoms with Crippen LogP contribution in [-0.2, 0) is 9.53 Å². The van der Waals surface area contributed by atoms with Gasteiger partial charge in [0.1, 0.15) is 17.5 Å². The van der Waals surface area contributed by atoms with Gasteiger partial charge in [-0.05, 0) is 25.1 Å². The maximum atomic E-state index is 12.2. The molecule has 0 saturated carbocycles. The molecule has 3 atom stereocenters. The van der Waals surface area contributed by atoms with Crippen molar-refractivity contribution >= 4 is 18.3 Å². The molecule has 1 heterocycles. The molecule has 8 heteroatoms. The molecule has 0 radical (unpaired) electrons. The lowest BCUT2D eigenvalue weighted by molar-refractivity contribution is -0.129. The van der Waals surface area contributed by atoms with E-state index >= 15 is 0 Å². The number of methoxy groups -OCH3 is 2. The summed E-state index contributed by atoms with van der Waals surface area (Å²) in [5.74, 6) is 0.959. The summed E-state index contributed by atoms with van der Waals surface area (Å²) < 4.78 is 15.9. The predicted octanol–water partition coefficient (Wildman–Crippen LogP) is 0.652. The first-order chi connectivity index (χ1) is 11.1. The normalized spacial score (nSPS) is 21.3. The second kappa shape index (κ2) is 9.68. The summed E-state index contributed by atoms with van der Waals surface area (Å²) in [6.45, 7) is 3.15. The molecule has 0 bridgehead atoms. The van der Waals surface area contributed by atoms with E-state index in [-0.39, 0.29) is 31.0 Å². The molecule has 1 aliphatic rings. The fraction of sp³-hybridized carbons (Fsp3) is 0.562. The number of rotatable bonds is 6. The minimum atomic E-state index is -0.899. The number of hydrogen-bond acceptors (Lipinski definition) is 6. The number of halogens is 1. The number of morpholine rings is 1. The van der Waals surface area contributed by atoms with Crippen molar-refractivity contribution in [3.63, 3.8) is 0 Å². The van der Waals surface area contributed by atoms with E-state index in [4.69, 9.17) is 14.2 Å².